The summed E-state index contributed by atoms with van der Waals surface area (Å²) in [7, 11) is 0. The zero-order valence-electron chi connectivity index (χ0n) is 15.1. The minimum absolute atomic E-state index is 0.246. The first-order valence-corrected chi connectivity index (χ1v) is 8.73. The summed E-state index contributed by atoms with van der Waals surface area (Å²) >= 11 is 0. The Morgan fingerprint density at radius 3 is 2.65 bits per heavy atom. The van der Waals surface area contributed by atoms with Crippen molar-refractivity contribution in [1.29, 1.82) is 0 Å². The molecule has 130 valence electrons. The molecule has 0 amide bonds. The van der Waals surface area contributed by atoms with E-state index in [0.717, 1.165) is 31.9 Å². The summed E-state index contributed by atoms with van der Waals surface area (Å²) in [5, 5.41) is 15.9. The maximum absolute atomic E-state index is 9.22. The van der Waals surface area contributed by atoms with Crippen LogP contribution in [-0.2, 0) is 6.54 Å². The second kappa shape index (κ2) is 11.1. The molecule has 0 fully saturated rings. The lowest BCUT2D eigenvalue weighted by molar-refractivity contribution is 0.243. The first kappa shape index (κ1) is 19.5. The Morgan fingerprint density at radius 2 is 2.04 bits per heavy atom. The fourth-order valence-corrected chi connectivity index (χ4v) is 2.72. The molecular formula is C19H33N3O. The molecule has 4 heteroatoms. The zero-order chi connectivity index (χ0) is 17.1. The van der Waals surface area contributed by atoms with Gasteiger partial charge in [0.05, 0.1) is 6.54 Å². The SMILES string of the molecule is CCNC(=NCc1cccc(C)c1)NCC(CCO)CC(C)C. The van der Waals surface area contributed by atoms with Crippen molar-refractivity contribution in [2.45, 2.75) is 47.1 Å². The van der Waals surface area contributed by atoms with Crippen molar-refractivity contribution in [1.82, 2.24) is 10.6 Å². The van der Waals surface area contributed by atoms with E-state index in [0.29, 0.717) is 18.4 Å². The molecule has 0 aliphatic carbocycles. The van der Waals surface area contributed by atoms with E-state index in [9.17, 15) is 5.11 Å². The number of nitrogens with zero attached hydrogens (tertiary/aromatic N) is 1. The van der Waals surface area contributed by atoms with Gasteiger partial charge in [0, 0.05) is 19.7 Å². The highest BCUT2D eigenvalue weighted by Gasteiger charge is 2.11. The fourth-order valence-electron chi connectivity index (χ4n) is 2.72. The van der Waals surface area contributed by atoms with Gasteiger partial charge in [0.1, 0.15) is 0 Å². The highest BCUT2D eigenvalue weighted by atomic mass is 16.3. The van der Waals surface area contributed by atoms with Crippen LogP contribution in [0.15, 0.2) is 29.3 Å². The predicted molar refractivity (Wildman–Crippen MR) is 98.6 cm³/mol. The van der Waals surface area contributed by atoms with Crippen LogP contribution in [-0.4, -0.2) is 30.8 Å². The van der Waals surface area contributed by atoms with E-state index in [4.69, 9.17) is 0 Å². The summed E-state index contributed by atoms with van der Waals surface area (Å²) in [5.41, 5.74) is 2.48. The summed E-state index contributed by atoms with van der Waals surface area (Å²) in [4.78, 5) is 4.67. The minimum Gasteiger partial charge on any atom is -0.396 e. The normalized spacial score (nSPS) is 13.2. The first-order valence-electron chi connectivity index (χ1n) is 8.73. The van der Waals surface area contributed by atoms with Crippen LogP contribution in [0, 0.1) is 18.8 Å². The van der Waals surface area contributed by atoms with Gasteiger partial charge in [-0.1, -0.05) is 43.7 Å². The van der Waals surface area contributed by atoms with E-state index >= 15 is 0 Å². The number of aliphatic hydroxyl groups is 1. The van der Waals surface area contributed by atoms with Gasteiger partial charge in [-0.05, 0) is 44.1 Å². The van der Waals surface area contributed by atoms with Gasteiger partial charge in [-0.2, -0.15) is 0 Å². The quantitative estimate of drug-likeness (QED) is 0.484. The van der Waals surface area contributed by atoms with Crippen LogP contribution in [0.4, 0.5) is 0 Å². The van der Waals surface area contributed by atoms with Crippen LogP contribution in [0.2, 0.25) is 0 Å². The lowest BCUT2D eigenvalue weighted by atomic mass is 9.94. The van der Waals surface area contributed by atoms with Crippen LogP contribution < -0.4 is 10.6 Å². The Hall–Kier alpha value is -1.55. The van der Waals surface area contributed by atoms with Gasteiger partial charge in [0.25, 0.3) is 0 Å². The first-order chi connectivity index (χ1) is 11.0. The van der Waals surface area contributed by atoms with Gasteiger partial charge in [-0.15, -0.1) is 0 Å². The number of rotatable bonds is 9. The van der Waals surface area contributed by atoms with Gasteiger partial charge in [-0.3, -0.25) is 0 Å². The van der Waals surface area contributed by atoms with Gasteiger partial charge < -0.3 is 15.7 Å². The third-order valence-electron chi connectivity index (χ3n) is 3.75. The Morgan fingerprint density at radius 1 is 1.26 bits per heavy atom. The van der Waals surface area contributed by atoms with E-state index in [1.165, 1.54) is 11.1 Å². The summed E-state index contributed by atoms with van der Waals surface area (Å²) in [6.07, 6.45) is 1.95. The predicted octanol–water partition coefficient (Wildman–Crippen LogP) is 3.09. The summed E-state index contributed by atoms with van der Waals surface area (Å²) in [5.74, 6) is 1.96. The molecule has 1 atom stereocenters. The van der Waals surface area contributed by atoms with Crippen molar-refractivity contribution >= 4 is 5.96 Å². The number of benzene rings is 1. The monoisotopic (exact) mass is 319 g/mol. The fraction of sp³-hybridized carbons (Fsp3) is 0.632. The maximum Gasteiger partial charge on any atom is 0.191 e. The summed E-state index contributed by atoms with van der Waals surface area (Å²) < 4.78 is 0. The number of aryl methyl sites for hydroxylation is 1. The van der Waals surface area contributed by atoms with Crippen molar-refractivity contribution < 1.29 is 5.11 Å². The Labute approximate surface area is 141 Å². The molecule has 0 bridgehead atoms. The minimum atomic E-state index is 0.246. The number of hydrogen-bond donors (Lipinski definition) is 3. The molecule has 0 aliphatic heterocycles. The molecule has 0 radical (unpaired) electrons. The topological polar surface area (TPSA) is 56.7 Å². The van der Waals surface area contributed by atoms with Crippen LogP contribution in [0.3, 0.4) is 0 Å². The third kappa shape index (κ3) is 8.60. The highest BCUT2D eigenvalue weighted by Crippen LogP contribution is 2.14. The van der Waals surface area contributed by atoms with Crippen LogP contribution >= 0.6 is 0 Å². The molecule has 4 nitrogen and oxygen atoms in total. The smallest absolute Gasteiger partial charge is 0.191 e. The van der Waals surface area contributed by atoms with Crippen LogP contribution in [0.1, 0.15) is 44.7 Å². The Kier molecular flexibility index (Phi) is 9.37. The van der Waals surface area contributed by atoms with Gasteiger partial charge in [0.15, 0.2) is 5.96 Å². The molecule has 23 heavy (non-hydrogen) atoms. The molecule has 1 aromatic rings. The standard InChI is InChI=1S/C19H33N3O/c1-5-20-19(21-13-17-8-6-7-16(4)12-17)22-14-18(9-10-23)11-15(2)3/h6-8,12,15,18,23H,5,9-11,13-14H2,1-4H3,(H2,20,21,22). The van der Waals surface area contributed by atoms with Crippen molar-refractivity contribution in [2.24, 2.45) is 16.8 Å². The summed E-state index contributed by atoms with van der Waals surface area (Å²) in [6.45, 7) is 11.2. The third-order valence-corrected chi connectivity index (χ3v) is 3.75. The number of aliphatic hydroxyl groups excluding tert-OH is 1. The van der Waals surface area contributed by atoms with Gasteiger partial charge in [-0.25, -0.2) is 4.99 Å². The van der Waals surface area contributed by atoms with E-state index in [1.807, 2.05) is 0 Å². The molecule has 0 heterocycles. The molecule has 3 N–H and O–H groups in total. The largest absolute Gasteiger partial charge is 0.396 e. The highest BCUT2D eigenvalue weighted by molar-refractivity contribution is 5.79. The van der Waals surface area contributed by atoms with E-state index in [-0.39, 0.29) is 6.61 Å². The van der Waals surface area contributed by atoms with Crippen molar-refractivity contribution in [3.05, 3.63) is 35.4 Å². The van der Waals surface area contributed by atoms with Crippen molar-refractivity contribution in [2.75, 3.05) is 19.7 Å². The second-order valence-electron chi connectivity index (χ2n) is 6.57. The van der Waals surface area contributed by atoms with Crippen LogP contribution in [0.5, 0.6) is 0 Å². The molecule has 0 spiro atoms. The molecule has 0 saturated carbocycles. The van der Waals surface area contributed by atoms with E-state index in [2.05, 4.69) is 67.6 Å². The molecular weight excluding hydrogens is 286 g/mol. The molecule has 1 aromatic carbocycles. The number of aliphatic imine (C=N–C) groups is 1. The summed E-state index contributed by atoms with van der Waals surface area (Å²) in [6, 6.07) is 8.44. The number of hydrogen-bond acceptors (Lipinski definition) is 2. The maximum atomic E-state index is 9.22. The molecule has 0 saturated heterocycles. The van der Waals surface area contributed by atoms with Crippen molar-refractivity contribution in [3.8, 4) is 0 Å². The Balaban J connectivity index is 2.60. The van der Waals surface area contributed by atoms with Gasteiger partial charge in [0.2, 0.25) is 0 Å². The lowest BCUT2D eigenvalue weighted by Crippen LogP contribution is -2.40. The number of guanidine groups is 1. The lowest BCUT2D eigenvalue weighted by Gasteiger charge is -2.20. The average Bonchev–Trinajstić information content (AvgIpc) is 2.49. The second-order valence-corrected chi connectivity index (χ2v) is 6.57. The average molecular weight is 319 g/mol. The zero-order valence-corrected chi connectivity index (χ0v) is 15.1. The molecule has 0 aromatic heterocycles. The van der Waals surface area contributed by atoms with E-state index in [1.54, 1.807) is 0 Å². The molecule has 0 aliphatic rings. The Bertz CT molecular complexity index is 471. The van der Waals surface area contributed by atoms with Gasteiger partial charge >= 0.3 is 0 Å². The number of nitrogens with one attached hydrogen (secondary N) is 2. The van der Waals surface area contributed by atoms with Crippen molar-refractivity contribution in [3.63, 3.8) is 0 Å². The van der Waals surface area contributed by atoms with Crippen LogP contribution in [0.25, 0.3) is 0 Å². The molecule has 1 unspecified atom stereocenters. The van der Waals surface area contributed by atoms with E-state index < -0.39 is 0 Å². The molecule has 1 rings (SSSR count).